The van der Waals surface area contributed by atoms with Crippen molar-refractivity contribution in [1.29, 1.82) is 0 Å². The summed E-state index contributed by atoms with van der Waals surface area (Å²) < 4.78 is 17.6. The lowest BCUT2D eigenvalue weighted by Crippen LogP contribution is -2.09. The minimum atomic E-state index is -0.359. The van der Waals surface area contributed by atoms with E-state index in [0.717, 1.165) is 30.8 Å². The van der Waals surface area contributed by atoms with E-state index in [9.17, 15) is 4.79 Å². The van der Waals surface area contributed by atoms with Crippen LogP contribution in [0.5, 0.6) is 11.5 Å². The second kappa shape index (κ2) is 30.5. The highest BCUT2D eigenvalue weighted by molar-refractivity contribution is 5.91. The van der Waals surface area contributed by atoms with Gasteiger partial charge >= 0.3 is 5.97 Å². The van der Waals surface area contributed by atoms with Gasteiger partial charge in [-0.1, -0.05) is 180 Å². The van der Waals surface area contributed by atoms with E-state index in [0.29, 0.717) is 17.9 Å². The van der Waals surface area contributed by atoms with Crippen molar-refractivity contribution in [2.24, 2.45) is 0 Å². The van der Waals surface area contributed by atoms with Gasteiger partial charge in [-0.05, 0) is 61.7 Å². The molecule has 2 aromatic carbocycles. The van der Waals surface area contributed by atoms with Gasteiger partial charge in [0, 0.05) is 6.61 Å². The zero-order valence-corrected chi connectivity index (χ0v) is 32.1. The molecular formula is C45H74O4. The monoisotopic (exact) mass is 679 g/mol. The third kappa shape index (κ3) is 22.9. The van der Waals surface area contributed by atoms with Crippen molar-refractivity contribution in [3.05, 3.63) is 59.7 Å². The van der Waals surface area contributed by atoms with Gasteiger partial charge in [-0.25, -0.2) is 4.79 Å². The number of ether oxygens (including phenoxy) is 3. The fourth-order valence-electron chi connectivity index (χ4n) is 6.45. The predicted molar refractivity (Wildman–Crippen MR) is 209 cm³/mol. The van der Waals surface area contributed by atoms with Crippen LogP contribution in [-0.4, -0.2) is 19.2 Å². The smallest absolute Gasteiger partial charge is 0.343 e. The highest BCUT2D eigenvalue weighted by atomic mass is 16.5. The van der Waals surface area contributed by atoms with Crippen LogP contribution in [-0.2, 0) is 4.74 Å². The summed E-state index contributed by atoms with van der Waals surface area (Å²) in [6.45, 7) is 8.15. The molecule has 0 aliphatic heterocycles. The Hall–Kier alpha value is -2.33. The maximum Gasteiger partial charge on any atom is 0.343 e. The molecule has 2 aromatic rings. The maximum atomic E-state index is 12.7. The molecule has 0 spiro atoms. The van der Waals surface area contributed by atoms with Crippen LogP contribution >= 0.6 is 0 Å². The molecular weight excluding hydrogens is 604 g/mol. The summed E-state index contributed by atoms with van der Waals surface area (Å²) in [6, 6.07) is 15.0. The lowest BCUT2D eigenvalue weighted by atomic mass is 10.0. The Bertz CT molecular complexity index is 1020. The van der Waals surface area contributed by atoms with Crippen LogP contribution in [0, 0.1) is 0 Å². The molecule has 0 aliphatic carbocycles. The zero-order valence-electron chi connectivity index (χ0n) is 32.1. The van der Waals surface area contributed by atoms with Gasteiger partial charge in [0.25, 0.3) is 0 Å². The van der Waals surface area contributed by atoms with Crippen LogP contribution in [0.25, 0.3) is 0 Å². The maximum absolute atomic E-state index is 12.7. The van der Waals surface area contributed by atoms with E-state index in [1.54, 1.807) is 12.1 Å². The van der Waals surface area contributed by atoms with E-state index in [4.69, 9.17) is 14.2 Å². The molecule has 4 nitrogen and oxygen atoms in total. The zero-order chi connectivity index (χ0) is 35.0. The van der Waals surface area contributed by atoms with Crippen LogP contribution in [0.4, 0.5) is 0 Å². The summed E-state index contributed by atoms with van der Waals surface area (Å²) in [5, 5.41) is 0. The first-order valence-corrected chi connectivity index (χ1v) is 20.8. The predicted octanol–water partition coefficient (Wildman–Crippen LogP) is 14.5. The van der Waals surface area contributed by atoms with Crippen molar-refractivity contribution in [1.82, 2.24) is 0 Å². The number of rotatable bonds is 33. The molecule has 2 rings (SSSR count). The molecule has 0 N–H and O–H groups in total. The topological polar surface area (TPSA) is 44.8 Å². The largest absolute Gasteiger partial charge is 0.494 e. The molecule has 0 bridgehead atoms. The van der Waals surface area contributed by atoms with Crippen LogP contribution in [0.3, 0.4) is 0 Å². The molecule has 0 fully saturated rings. The fraction of sp³-hybridized carbons (Fsp3) is 0.711. The van der Waals surface area contributed by atoms with Crippen molar-refractivity contribution in [2.75, 3.05) is 13.2 Å². The lowest BCUT2D eigenvalue weighted by molar-refractivity contribution is 0.0627. The molecule has 278 valence electrons. The van der Waals surface area contributed by atoms with Gasteiger partial charge in [-0.3, -0.25) is 0 Å². The molecule has 1 unspecified atom stereocenters. The molecule has 0 aliphatic rings. The molecule has 0 radical (unpaired) electrons. The number of carbonyl (C=O) groups is 1. The number of hydrogen-bond acceptors (Lipinski definition) is 4. The Kier molecular flexibility index (Phi) is 26.7. The van der Waals surface area contributed by atoms with E-state index in [1.165, 1.54) is 154 Å². The number of carbonyl (C=O) groups excluding carboxylic acids is 1. The number of benzene rings is 2. The quantitative estimate of drug-likeness (QED) is 0.0428. The van der Waals surface area contributed by atoms with Crippen LogP contribution in [0.1, 0.15) is 210 Å². The minimum Gasteiger partial charge on any atom is -0.494 e. The Morgan fingerprint density at radius 2 is 0.837 bits per heavy atom. The van der Waals surface area contributed by atoms with Crippen molar-refractivity contribution in [3.63, 3.8) is 0 Å². The molecule has 0 amide bonds. The van der Waals surface area contributed by atoms with Crippen molar-refractivity contribution in [2.45, 2.75) is 194 Å². The van der Waals surface area contributed by atoms with Crippen molar-refractivity contribution < 1.29 is 19.0 Å². The second-order valence-corrected chi connectivity index (χ2v) is 14.3. The van der Waals surface area contributed by atoms with Gasteiger partial charge in [0.05, 0.1) is 18.3 Å². The number of hydrogen-bond donors (Lipinski definition) is 0. The Morgan fingerprint density at radius 3 is 1.27 bits per heavy atom. The molecule has 0 saturated heterocycles. The molecule has 1 atom stereocenters. The minimum absolute atomic E-state index is 0.0222. The van der Waals surface area contributed by atoms with Crippen LogP contribution in [0.2, 0.25) is 0 Å². The summed E-state index contributed by atoms with van der Waals surface area (Å²) in [6.07, 6.45) is 35.2. The highest BCUT2D eigenvalue weighted by Gasteiger charge is 2.11. The molecule has 0 heterocycles. The summed E-state index contributed by atoms with van der Waals surface area (Å²) in [5.74, 6) is 0.979. The van der Waals surface area contributed by atoms with Crippen LogP contribution < -0.4 is 9.47 Å². The first-order valence-electron chi connectivity index (χ1n) is 20.8. The lowest BCUT2D eigenvalue weighted by Gasteiger charge is -2.14. The molecule has 0 saturated carbocycles. The summed E-state index contributed by atoms with van der Waals surface area (Å²) >= 11 is 0. The average Bonchev–Trinajstić information content (AvgIpc) is 3.12. The summed E-state index contributed by atoms with van der Waals surface area (Å²) in [4.78, 5) is 12.7. The molecule has 0 aromatic heterocycles. The first-order chi connectivity index (χ1) is 24.1. The fourth-order valence-corrected chi connectivity index (χ4v) is 6.45. The number of unbranched alkanes of at least 4 members (excludes halogenated alkanes) is 24. The Morgan fingerprint density at radius 1 is 0.469 bits per heavy atom. The van der Waals surface area contributed by atoms with Gasteiger partial charge in [-0.15, -0.1) is 0 Å². The van der Waals surface area contributed by atoms with E-state index in [1.807, 2.05) is 36.4 Å². The molecule has 49 heavy (non-hydrogen) atoms. The SMILES string of the molecule is CCCCCCCCCCCCCCCCCCOC(C)c1ccc(OC(=O)c2ccc(OCCCCCCCCCCCC)cc2)cc1. The first kappa shape index (κ1) is 42.8. The average molecular weight is 679 g/mol. The second-order valence-electron chi connectivity index (χ2n) is 14.3. The van der Waals surface area contributed by atoms with E-state index in [2.05, 4.69) is 20.8 Å². The summed E-state index contributed by atoms with van der Waals surface area (Å²) in [5.41, 5.74) is 1.62. The molecule has 4 heteroatoms. The van der Waals surface area contributed by atoms with Gasteiger partial charge in [-0.2, -0.15) is 0 Å². The standard InChI is InChI=1S/C45H74O4/c1-4-6-8-10-12-14-16-17-18-19-20-21-23-24-26-28-38-47-40(3)41-30-36-44(37-31-41)49-45(46)42-32-34-43(35-33-42)48-39-29-27-25-22-15-13-11-9-7-5-2/h30-37,40H,4-29,38-39H2,1-3H3. The third-order valence-electron chi connectivity index (χ3n) is 9.78. The van der Waals surface area contributed by atoms with Gasteiger partial charge < -0.3 is 14.2 Å². The van der Waals surface area contributed by atoms with Crippen molar-refractivity contribution >= 4 is 5.97 Å². The normalized spacial score (nSPS) is 11.9. The van der Waals surface area contributed by atoms with Crippen molar-refractivity contribution in [3.8, 4) is 11.5 Å². The Balaban J connectivity index is 1.47. The number of esters is 1. The Labute approximate surface area is 302 Å². The summed E-state index contributed by atoms with van der Waals surface area (Å²) in [7, 11) is 0. The van der Waals surface area contributed by atoms with E-state index < -0.39 is 0 Å². The van der Waals surface area contributed by atoms with E-state index in [-0.39, 0.29) is 12.1 Å². The van der Waals surface area contributed by atoms with Gasteiger partial charge in [0.2, 0.25) is 0 Å². The third-order valence-corrected chi connectivity index (χ3v) is 9.78. The van der Waals surface area contributed by atoms with Gasteiger partial charge in [0.15, 0.2) is 0 Å². The highest BCUT2D eigenvalue weighted by Crippen LogP contribution is 2.23. The van der Waals surface area contributed by atoms with Gasteiger partial charge in [0.1, 0.15) is 11.5 Å². The van der Waals surface area contributed by atoms with E-state index >= 15 is 0 Å². The van der Waals surface area contributed by atoms with Crippen LogP contribution in [0.15, 0.2) is 48.5 Å².